The van der Waals surface area contributed by atoms with Crippen molar-refractivity contribution in [1.29, 1.82) is 0 Å². The minimum Gasteiger partial charge on any atom is -0.475 e. The molecule has 0 aliphatic carbocycles. The number of hydrogen-bond donors (Lipinski definition) is 2. The summed E-state index contributed by atoms with van der Waals surface area (Å²) in [6.07, 6.45) is -1.12. The first kappa shape index (κ1) is 22.5. The number of aromatic nitrogens is 1. The summed E-state index contributed by atoms with van der Waals surface area (Å²) in [6.45, 7) is 1.19. The first-order valence-electron chi connectivity index (χ1n) is 8.35. The smallest absolute Gasteiger partial charge is 0.475 e. The zero-order chi connectivity index (χ0) is 21.8. The number of benzene rings is 1. The Morgan fingerprint density at radius 2 is 1.66 bits per heavy atom. The minimum absolute atomic E-state index is 0.153. The number of carboxylic acid groups (broad SMARTS) is 1. The van der Waals surface area contributed by atoms with E-state index in [1.165, 1.54) is 0 Å². The molecular weight excluding hydrogens is 404 g/mol. The highest BCUT2D eigenvalue weighted by Crippen LogP contribution is 2.32. The topological polar surface area (TPSA) is 79.5 Å². The summed E-state index contributed by atoms with van der Waals surface area (Å²) in [5, 5.41) is 7.12. The van der Waals surface area contributed by atoms with Gasteiger partial charge in [0.15, 0.2) is 11.6 Å². The lowest BCUT2D eigenvalue weighted by Gasteiger charge is -2.38. The van der Waals surface area contributed by atoms with Gasteiger partial charge in [0, 0.05) is 49.2 Å². The predicted octanol–water partition coefficient (Wildman–Crippen LogP) is 3.45. The molecular formula is C18H17F6N3O2. The Hall–Kier alpha value is -2.82. The number of anilines is 1. The fraction of sp³-hybridized carbons (Fsp3) is 0.333. The maximum absolute atomic E-state index is 13.9. The first-order valence-corrected chi connectivity index (χ1v) is 8.35. The van der Waals surface area contributed by atoms with Gasteiger partial charge in [0.2, 0.25) is 0 Å². The minimum atomic E-state index is -5.08. The number of hydrogen-bond acceptors (Lipinski definition) is 4. The largest absolute Gasteiger partial charge is 0.490 e. The molecule has 2 heterocycles. The Kier molecular flexibility index (Phi) is 7.07. The third-order valence-corrected chi connectivity index (χ3v) is 4.37. The van der Waals surface area contributed by atoms with E-state index < -0.39 is 29.6 Å². The summed E-state index contributed by atoms with van der Waals surface area (Å²) in [5.41, 5.74) is 7.30. The number of halogens is 6. The molecule has 1 aliphatic heterocycles. The summed E-state index contributed by atoms with van der Waals surface area (Å²) < 4.78 is 72.1. The van der Waals surface area contributed by atoms with E-state index in [2.05, 4.69) is 9.88 Å². The molecule has 1 aliphatic rings. The van der Waals surface area contributed by atoms with Crippen LogP contribution in [0.15, 0.2) is 36.7 Å². The van der Waals surface area contributed by atoms with Crippen LogP contribution in [-0.4, -0.2) is 41.4 Å². The Morgan fingerprint density at radius 1 is 1.10 bits per heavy atom. The molecule has 1 aromatic heterocycles. The summed E-state index contributed by atoms with van der Waals surface area (Å²) in [5.74, 6) is -6.04. The van der Waals surface area contributed by atoms with Crippen LogP contribution in [0.5, 0.6) is 0 Å². The zero-order valence-electron chi connectivity index (χ0n) is 14.8. The van der Waals surface area contributed by atoms with Crippen molar-refractivity contribution in [2.45, 2.75) is 24.6 Å². The van der Waals surface area contributed by atoms with Crippen LogP contribution in [0.3, 0.4) is 0 Å². The number of carboxylic acids is 1. The van der Waals surface area contributed by atoms with E-state index in [0.29, 0.717) is 25.6 Å². The highest BCUT2D eigenvalue weighted by molar-refractivity contribution is 5.73. The second-order valence-electron chi connectivity index (χ2n) is 6.30. The van der Waals surface area contributed by atoms with E-state index >= 15 is 0 Å². The lowest BCUT2D eigenvalue weighted by atomic mass is 9.85. The molecule has 158 valence electrons. The number of piperidine rings is 1. The lowest BCUT2D eigenvalue weighted by Crippen LogP contribution is -2.47. The summed E-state index contributed by atoms with van der Waals surface area (Å²) in [4.78, 5) is 14.9. The average molecular weight is 421 g/mol. The highest BCUT2D eigenvalue weighted by Gasteiger charge is 2.38. The van der Waals surface area contributed by atoms with E-state index in [1.54, 1.807) is 12.4 Å². The average Bonchev–Trinajstić information content (AvgIpc) is 2.65. The summed E-state index contributed by atoms with van der Waals surface area (Å²) in [6, 6.07) is 4.92. The van der Waals surface area contributed by atoms with Crippen LogP contribution in [0.2, 0.25) is 0 Å². The van der Waals surface area contributed by atoms with Gasteiger partial charge in [-0.1, -0.05) is 0 Å². The summed E-state index contributed by atoms with van der Waals surface area (Å²) in [7, 11) is 0. The number of rotatable bonds is 2. The van der Waals surface area contributed by atoms with Gasteiger partial charge >= 0.3 is 12.1 Å². The quantitative estimate of drug-likeness (QED) is 0.574. The Balaban J connectivity index is 0.000000370. The number of nitrogens with two attached hydrogens (primary N) is 1. The van der Waals surface area contributed by atoms with Crippen molar-refractivity contribution in [2.24, 2.45) is 5.73 Å². The molecule has 0 bridgehead atoms. The molecule has 3 N–H and O–H groups in total. The normalized spacial score (nSPS) is 19.3. The molecule has 0 saturated carbocycles. The van der Waals surface area contributed by atoms with Crippen LogP contribution in [-0.2, 0) is 4.79 Å². The number of carbonyl (C=O) groups is 1. The molecule has 2 aromatic rings. The Bertz CT molecular complexity index is 847. The zero-order valence-corrected chi connectivity index (χ0v) is 14.8. The van der Waals surface area contributed by atoms with Gasteiger partial charge in [-0.2, -0.15) is 13.2 Å². The van der Waals surface area contributed by atoms with Crippen LogP contribution in [0.25, 0.3) is 0 Å². The molecule has 1 aromatic carbocycles. The van der Waals surface area contributed by atoms with Crippen LogP contribution < -0.4 is 10.6 Å². The summed E-state index contributed by atoms with van der Waals surface area (Å²) >= 11 is 0. The molecule has 0 radical (unpaired) electrons. The van der Waals surface area contributed by atoms with E-state index in [9.17, 15) is 26.3 Å². The van der Waals surface area contributed by atoms with Gasteiger partial charge in [0.05, 0.1) is 0 Å². The van der Waals surface area contributed by atoms with Crippen LogP contribution in [0, 0.1) is 17.5 Å². The highest BCUT2D eigenvalue weighted by atomic mass is 19.4. The van der Waals surface area contributed by atoms with Crippen molar-refractivity contribution in [2.75, 3.05) is 18.0 Å². The van der Waals surface area contributed by atoms with Gasteiger partial charge in [-0.05, 0) is 30.2 Å². The fourth-order valence-electron chi connectivity index (χ4n) is 2.98. The van der Waals surface area contributed by atoms with E-state index in [0.717, 1.165) is 11.8 Å². The lowest BCUT2D eigenvalue weighted by molar-refractivity contribution is -0.192. The SMILES string of the molecule is N[C@H]1CN(c2ccncc2)CC[C@@H]1c1cc(F)c(F)cc1F.O=C(O)C(F)(F)F. The molecule has 5 nitrogen and oxygen atoms in total. The molecule has 0 amide bonds. The van der Waals surface area contributed by atoms with E-state index in [-0.39, 0.29) is 17.5 Å². The van der Waals surface area contributed by atoms with Crippen LogP contribution in [0.1, 0.15) is 17.9 Å². The Morgan fingerprint density at radius 3 is 2.17 bits per heavy atom. The maximum atomic E-state index is 13.9. The molecule has 1 saturated heterocycles. The molecule has 0 unspecified atom stereocenters. The van der Waals surface area contributed by atoms with Crippen molar-refractivity contribution in [1.82, 2.24) is 4.98 Å². The molecule has 2 atom stereocenters. The van der Waals surface area contributed by atoms with Gasteiger partial charge < -0.3 is 15.7 Å². The Labute approximate surface area is 161 Å². The second-order valence-corrected chi connectivity index (χ2v) is 6.30. The third kappa shape index (κ3) is 5.83. The van der Waals surface area contributed by atoms with Crippen molar-refractivity contribution < 1.29 is 36.2 Å². The van der Waals surface area contributed by atoms with Crippen molar-refractivity contribution in [3.8, 4) is 0 Å². The first-order chi connectivity index (χ1) is 13.5. The number of alkyl halides is 3. The van der Waals surface area contributed by atoms with Gasteiger partial charge in [0.1, 0.15) is 5.82 Å². The van der Waals surface area contributed by atoms with Gasteiger partial charge in [-0.15, -0.1) is 0 Å². The third-order valence-electron chi connectivity index (χ3n) is 4.37. The monoisotopic (exact) mass is 421 g/mol. The van der Waals surface area contributed by atoms with Gasteiger partial charge in [-0.3, -0.25) is 4.98 Å². The number of aliphatic carboxylic acids is 1. The predicted molar refractivity (Wildman–Crippen MR) is 91.8 cm³/mol. The maximum Gasteiger partial charge on any atom is 0.490 e. The van der Waals surface area contributed by atoms with Crippen molar-refractivity contribution in [3.63, 3.8) is 0 Å². The molecule has 11 heteroatoms. The molecule has 29 heavy (non-hydrogen) atoms. The fourth-order valence-corrected chi connectivity index (χ4v) is 2.98. The molecule has 1 fully saturated rings. The second kappa shape index (κ2) is 9.12. The van der Waals surface area contributed by atoms with Crippen molar-refractivity contribution >= 4 is 11.7 Å². The van der Waals surface area contributed by atoms with E-state index in [4.69, 9.17) is 15.6 Å². The van der Waals surface area contributed by atoms with Gasteiger partial charge in [0.25, 0.3) is 0 Å². The van der Waals surface area contributed by atoms with Crippen LogP contribution >= 0.6 is 0 Å². The van der Waals surface area contributed by atoms with E-state index in [1.807, 2.05) is 12.1 Å². The van der Waals surface area contributed by atoms with Crippen molar-refractivity contribution in [3.05, 3.63) is 59.7 Å². The molecule has 0 spiro atoms. The van der Waals surface area contributed by atoms with Crippen LogP contribution in [0.4, 0.5) is 32.0 Å². The standard InChI is InChI=1S/C16H16F3N3.C2HF3O2/c17-13-8-15(19)14(18)7-12(13)11-3-6-22(9-16(11)20)10-1-4-21-5-2-10;3-2(4,5)1(6)7/h1-2,4-5,7-8,11,16H,3,6,9,20H2;(H,6,7)/t11-,16+;/m1./s1. The number of nitrogens with zero attached hydrogens (tertiary/aromatic N) is 2. The molecule has 3 rings (SSSR count). The number of pyridine rings is 1. The van der Waals surface area contributed by atoms with Gasteiger partial charge in [-0.25, -0.2) is 18.0 Å².